The third-order valence-electron chi connectivity index (χ3n) is 4.19. The molecule has 3 aromatic carbocycles. The molecule has 0 bridgehead atoms. The summed E-state index contributed by atoms with van der Waals surface area (Å²) in [5.41, 5.74) is 2.74. The molecule has 0 aliphatic heterocycles. The SMILES string of the molecule is COc1ccc(NC(CC(=O)c2ccc(Br)cc2)c2ccccc2)cc1. The lowest BCUT2D eigenvalue weighted by Crippen LogP contribution is -2.15. The molecule has 1 unspecified atom stereocenters. The standard InChI is InChI=1S/C22H20BrNO2/c1-26-20-13-11-19(12-14-20)24-21(16-5-3-2-4-6-16)15-22(25)17-7-9-18(23)10-8-17/h2-14,21,24H,15H2,1H3. The molecule has 0 aromatic heterocycles. The molecule has 0 saturated heterocycles. The maximum atomic E-state index is 12.8. The van der Waals surface area contributed by atoms with Crippen LogP contribution in [0.15, 0.2) is 83.3 Å². The average molecular weight is 410 g/mol. The Labute approximate surface area is 162 Å². The molecule has 1 N–H and O–H groups in total. The summed E-state index contributed by atoms with van der Waals surface area (Å²) < 4.78 is 6.17. The van der Waals surface area contributed by atoms with E-state index in [-0.39, 0.29) is 11.8 Å². The third-order valence-corrected chi connectivity index (χ3v) is 4.72. The molecule has 0 amide bonds. The van der Waals surface area contributed by atoms with E-state index in [1.807, 2.05) is 78.9 Å². The fourth-order valence-corrected chi connectivity index (χ4v) is 3.03. The second kappa shape index (κ2) is 8.68. The molecule has 0 spiro atoms. The Hall–Kier alpha value is -2.59. The van der Waals surface area contributed by atoms with Gasteiger partial charge in [-0.2, -0.15) is 0 Å². The van der Waals surface area contributed by atoms with E-state index in [9.17, 15) is 4.79 Å². The molecule has 0 heterocycles. The summed E-state index contributed by atoms with van der Waals surface area (Å²) in [7, 11) is 1.64. The normalized spacial score (nSPS) is 11.6. The Morgan fingerprint density at radius 1 is 0.962 bits per heavy atom. The summed E-state index contributed by atoms with van der Waals surface area (Å²) in [6, 6.07) is 25.1. The molecule has 0 radical (unpaired) electrons. The van der Waals surface area contributed by atoms with Crippen LogP contribution >= 0.6 is 15.9 Å². The van der Waals surface area contributed by atoms with Crippen LogP contribution in [-0.4, -0.2) is 12.9 Å². The number of carbonyl (C=O) groups excluding carboxylic acids is 1. The van der Waals surface area contributed by atoms with Gasteiger partial charge in [-0.15, -0.1) is 0 Å². The van der Waals surface area contributed by atoms with E-state index in [2.05, 4.69) is 21.2 Å². The predicted molar refractivity (Wildman–Crippen MR) is 109 cm³/mol. The molecule has 0 saturated carbocycles. The van der Waals surface area contributed by atoms with Gasteiger partial charge in [0.05, 0.1) is 13.2 Å². The van der Waals surface area contributed by atoms with E-state index in [0.29, 0.717) is 12.0 Å². The number of carbonyl (C=O) groups is 1. The van der Waals surface area contributed by atoms with Crippen molar-refractivity contribution in [3.05, 3.63) is 94.5 Å². The maximum absolute atomic E-state index is 12.8. The minimum Gasteiger partial charge on any atom is -0.497 e. The van der Waals surface area contributed by atoms with Gasteiger partial charge in [0.15, 0.2) is 5.78 Å². The molecule has 26 heavy (non-hydrogen) atoms. The molecular weight excluding hydrogens is 390 g/mol. The van der Waals surface area contributed by atoms with Crippen molar-refractivity contribution in [3.8, 4) is 5.75 Å². The topological polar surface area (TPSA) is 38.3 Å². The maximum Gasteiger partial charge on any atom is 0.165 e. The molecule has 3 rings (SSSR count). The van der Waals surface area contributed by atoms with E-state index in [1.165, 1.54) is 0 Å². The second-order valence-corrected chi connectivity index (χ2v) is 6.89. The number of methoxy groups -OCH3 is 1. The zero-order valence-electron chi connectivity index (χ0n) is 14.5. The largest absolute Gasteiger partial charge is 0.497 e. The van der Waals surface area contributed by atoms with E-state index in [0.717, 1.165) is 21.5 Å². The van der Waals surface area contributed by atoms with Crippen molar-refractivity contribution in [2.75, 3.05) is 12.4 Å². The number of anilines is 1. The quantitative estimate of drug-likeness (QED) is 0.494. The first-order valence-electron chi connectivity index (χ1n) is 8.40. The van der Waals surface area contributed by atoms with E-state index in [4.69, 9.17) is 4.74 Å². The number of ketones is 1. The number of halogens is 1. The van der Waals surface area contributed by atoms with Gasteiger partial charge in [-0.05, 0) is 42.0 Å². The molecule has 132 valence electrons. The molecular formula is C22H20BrNO2. The fourth-order valence-electron chi connectivity index (χ4n) is 2.77. The van der Waals surface area contributed by atoms with Crippen LogP contribution in [-0.2, 0) is 0 Å². The highest BCUT2D eigenvalue weighted by Crippen LogP contribution is 2.26. The predicted octanol–water partition coefficient (Wildman–Crippen LogP) is 5.88. The Balaban J connectivity index is 1.81. The van der Waals surface area contributed by atoms with Crippen LogP contribution in [0.3, 0.4) is 0 Å². The first-order chi connectivity index (χ1) is 12.7. The minimum absolute atomic E-state index is 0.104. The summed E-state index contributed by atoms with van der Waals surface area (Å²) in [4.78, 5) is 12.8. The van der Waals surface area contributed by atoms with E-state index < -0.39 is 0 Å². The summed E-state index contributed by atoms with van der Waals surface area (Å²) in [5.74, 6) is 0.908. The van der Waals surface area contributed by atoms with Crippen molar-refractivity contribution in [1.82, 2.24) is 0 Å². The second-order valence-electron chi connectivity index (χ2n) is 5.97. The molecule has 3 aromatic rings. The number of hydrogen-bond acceptors (Lipinski definition) is 3. The summed E-state index contributed by atoms with van der Waals surface area (Å²) in [6.45, 7) is 0. The van der Waals surface area contributed by atoms with Gasteiger partial charge in [-0.25, -0.2) is 0 Å². The van der Waals surface area contributed by atoms with E-state index in [1.54, 1.807) is 7.11 Å². The van der Waals surface area contributed by atoms with Crippen LogP contribution in [0.25, 0.3) is 0 Å². The zero-order chi connectivity index (χ0) is 18.4. The molecule has 0 aliphatic rings. The highest BCUT2D eigenvalue weighted by atomic mass is 79.9. The Morgan fingerprint density at radius 2 is 1.62 bits per heavy atom. The lowest BCUT2D eigenvalue weighted by Gasteiger charge is -2.20. The van der Waals surface area contributed by atoms with Crippen LogP contribution in [0.4, 0.5) is 5.69 Å². The van der Waals surface area contributed by atoms with Crippen LogP contribution < -0.4 is 10.1 Å². The van der Waals surface area contributed by atoms with Gasteiger partial charge in [0.25, 0.3) is 0 Å². The van der Waals surface area contributed by atoms with Crippen LogP contribution in [0.1, 0.15) is 28.4 Å². The monoisotopic (exact) mass is 409 g/mol. The van der Waals surface area contributed by atoms with Crippen molar-refractivity contribution >= 4 is 27.4 Å². The molecule has 4 heteroatoms. The van der Waals surface area contributed by atoms with Crippen molar-refractivity contribution in [1.29, 1.82) is 0 Å². The number of rotatable bonds is 7. The summed E-state index contributed by atoms with van der Waals surface area (Å²) >= 11 is 3.40. The molecule has 3 nitrogen and oxygen atoms in total. The Kier molecular flexibility index (Phi) is 6.08. The van der Waals surface area contributed by atoms with Gasteiger partial charge >= 0.3 is 0 Å². The number of nitrogens with one attached hydrogen (secondary N) is 1. The first kappa shape index (κ1) is 18.2. The molecule has 0 aliphatic carbocycles. The van der Waals surface area contributed by atoms with Crippen molar-refractivity contribution in [3.63, 3.8) is 0 Å². The smallest absolute Gasteiger partial charge is 0.165 e. The molecule has 1 atom stereocenters. The summed E-state index contributed by atoms with van der Waals surface area (Å²) in [5, 5.41) is 3.47. The fraction of sp³-hybridized carbons (Fsp3) is 0.136. The van der Waals surface area contributed by atoms with Crippen molar-refractivity contribution in [2.45, 2.75) is 12.5 Å². The number of hydrogen-bond donors (Lipinski definition) is 1. The van der Waals surface area contributed by atoms with Gasteiger partial charge in [0, 0.05) is 22.1 Å². The van der Waals surface area contributed by atoms with Gasteiger partial charge in [-0.1, -0.05) is 58.4 Å². The molecule has 0 fully saturated rings. The minimum atomic E-state index is -0.110. The van der Waals surface area contributed by atoms with Gasteiger partial charge < -0.3 is 10.1 Å². The van der Waals surface area contributed by atoms with Gasteiger partial charge in [0.1, 0.15) is 5.75 Å². The van der Waals surface area contributed by atoms with Crippen LogP contribution in [0.5, 0.6) is 5.75 Å². The van der Waals surface area contributed by atoms with Crippen LogP contribution in [0.2, 0.25) is 0 Å². The number of ether oxygens (including phenoxy) is 1. The first-order valence-corrected chi connectivity index (χ1v) is 9.19. The number of Topliss-reactive ketones (excluding diaryl/α,β-unsaturated/α-hetero) is 1. The lowest BCUT2D eigenvalue weighted by molar-refractivity contribution is 0.0976. The van der Waals surface area contributed by atoms with Crippen molar-refractivity contribution in [2.24, 2.45) is 0 Å². The summed E-state index contributed by atoms with van der Waals surface area (Å²) in [6.07, 6.45) is 0.373. The zero-order valence-corrected chi connectivity index (χ0v) is 16.1. The van der Waals surface area contributed by atoms with Gasteiger partial charge in [0.2, 0.25) is 0 Å². The number of benzene rings is 3. The van der Waals surface area contributed by atoms with Crippen LogP contribution in [0, 0.1) is 0 Å². The Bertz CT molecular complexity index is 846. The third kappa shape index (κ3) is 4.73. The van der Waals surface area contributed by atoms with Gasteiger partial charge in [-0.3, -0.25) is 4.79 Å². The average Bonchev–Trinajstić information content (AvgIpc) is 2.69. The highest BCUT2D eigenvalue weighted by molar-refractivity contribution is 9.10. The van der Waals surface area contributed by atoms with E-state index >= 15 is 0 Å². The Morgan fingerprint density at radius 3 is 2.23 bits per heavy atom. The highest BCUT2D eigenvalue weighted by Gasteiger charge is 2.17. The lowest BCUT2D eigenvalue weighted by atomic mass is 9.97. The van der Waals surface area contributed by atoms with Crippen molar-refractivity contribution < 1.29 is 9.53 Å².